The van der Waals surface area contributed by atoms with Crippen molar-refractivity contribution in [3.63, 3.8) is 0 Å². The number of amides is 1. The number of fused-ring (bicyclic) bond motifs is 1. The van der Waals surface area contributed by atoms with Crippen LogP contribution in [-0.2, 0) is 0 Å². The molecule has 0 atom stereocenters. The number of nitro benzene ring substituents is 1. The van der Waals surface area contributed by atoms with Crippen molar-refractivity contribution < 1.29 is 9.72 Å². The van der Waals surface area contributed by atoms with E-state index < -0.39 is 10.8 Å². The zero-order chi connectivity index (χ0) is 27.7. The molecule has 2 N–H and O–H groups in total. The molecule has 0 spiro atoms. The highest BCUT2D eigenvalue weighted by molar-refractivity contribution is 7.20. The summed E-state index contributed by atoms with van der Waals surface area (Å²) >= 11 is 1.30. The number of benzene rings is 3. The van der Waals surface area contributed by atoms with E-state index in [0.29, 0.717) is 22.2 Å². The number of thiazole rings is 1. The van der Waals surface area contributed by atoms with Gasteiger partial charge in [-0.3, -0.25) is 20.3 Å². The summed E-state index contributed by atoms with van der Waals surface area (Å²) < 4.78 is 0.920. The normalized spacial score (nSPS) is 14.4. The number of hydrogen-bond acceptors (Lipinski definition) is 8. The number of amidine groups is 1. The van der Waals surface area contributed by atoms with E-state index in [1.165, 1.54) is 23.5 Å². The summed E-state index contributed by atoms with van der Waals surface area (Å²) in [5.74, 6) is 0.142. The zero-order valence-corrected chi connectivity index (χ0v) is 22.4. The zero-order valence-electron chi connectivity index (χ0n) is 21.6. The van der Waals surface area contributed by atoms with Crippen molar-refractivity contribution in [3.8, 4) is 0 Å². The Morgan fingerprint density at radius 1 is 0.950 bits per heavy atom. The van der Waals surface area contributed by atoms with Gasteiger partial charge in [0.25, 0.3) is 11.6 Å². The second kappa shape index (κ2) is 12.8. The highest BCUT2D eigenvalue weighted by Gasteiger charge is 2.20. The summed E-state index contributed by atoms with van der Waals surface area (Å²) in [6.07, 6.45) is 6.86. The van der Waals surface area contributed by atoms with Gasteiger partial charge in [0.1, 0.15) is 5.71 Å². The van der Waals surface area contributed by atoms with Gasteiger partial charge >= 0.3 is 0 Å². The molecule has 10 nitrogen and oxygen atoms in total. The Bertz CT molecular complexity index is 1540. The molecule has 1 fully saturated rings. The molecule has 11 heteroatoms. The minimum Gasteiger partial charge on any atom is -0.353 e. The van der Waals surface area contributed by atoms with E-state index >= 15 is 0 Å². The fourth-order valence-electron chi connectivity index (χ4n) is 4.20. The van der Waals surface area contributed by atoms with Crippen LogP contribution in [0.1, 0.15) is 34.6 Å². The molecule has 2 heterocycles. The number of likely N-dealkylation sites (tertiary alicyclic amines) is 1. The molecule has 5 rings (SSSR count). The number of hydrogen-bond donors (Lipinski definition) is 2. The molecule has 40 heavy (non-hydrogen) atoms. The molecule has 0 aliphatic carbocycles. The Kier molecular flexibility index (Phi) is 8.52. The number of para-hydroxylation sites is 1. The number of hydrazone groups is 2. The van der Waals surface area contributed by atoms with Gasteiger partial charge in [0, 0.05) is 25.2 Å². The first-order valence-corrected chi connectivity index (χ1v) is 13.7. The van der Waals surface area contributed by atoms with Crippen LogP contribution in [0.5, 0.6) is 0 Å². The van der Waals surface area contributed by atoms with Gasteiger partial charge in [-0.2, -0.15) is 10.2 Å². The van der Waals surface area contributed by atoms with Crippen LogP contribution in [0.25, 0.3) is 16.3 Å². The third-order valence-electron chi connectivity index (χ3n) is 6.25. The molecule has 4 aromatic rings. The Labute approximate surface area is 234 Å². The SMILES string of the molecule is O=C(N/N=C(/C=C/c1ccccc1)C(=N/Nc1ccc([N+](=O)[O-])cc1)\N1CCCCC1)c1nc2ccccc2s1. The number of carbonyl (C=O) groups is 1. The predicted octanol–water partition coefficient (Wildman–Crippen LogP) is 5.92. The lowest BCUT2D eigenvalue weighted by Crippen LogP contribution is -2.41. The number of aromatic nitrogens is 1. The van der Waals surface area contributed by atoms with Crippen LogP contribution in [0, 0.1) is 10.1 Å². The van der Waals surface area contributed by atoms with Gasteiger partial charge < -0.3 is 4.90 Å². The lowest BCUT2D eigenvalue weighted by Gasteiger charge is -2.29. The Balaban J connectivity index is 1.47. The number of nitrogens with one attached hydrogen (secondary N) is 2. The average Bonchev–Trinajstić information content (AvgIpc) is 3.44. The Morgan fingerprint density at radius 3 is 2.40 bits per heavy atom. The highest BCUT2D eigenvalue weighted by Crippen LogP contribution is 2.21. The van der Waals surface area contributed by atoms with E-state index in [0.717, 1.165) is 48.1 Å². The van der Waals surface area contributed by atoms with Gasteiger partial charge in [0.05, 0.1) is 20.8 Å². The summed E-state index contributed by atoms with van der Waals surface area (Å²) in [4.78, 5) is 30.2. The molecule has 0 bridgehead atoms. The number of anilines is 1. The molecular weight excluding hydrogens is 526 g/mol. The quantitative estimate of drug-likeness (QED) is 0.121. The summed E-state index contributed by atoms with van der Waals surface area (Å²) in [7, 11) is 0. The molecule has 1 saturated heterocycles. The van der Waals surface area contributed by atoms with Crippen LogP contribution >= 0.6 is 11.3 Å². The lowest BCUT2D eigenvalue weighted by atomic mass is 10.1. The minimum atomic E-state index is -0.445. The van der Waals surface area contributed by atoms with Crippen LogP contribution in [0.3, 0.4) is 0 Å². The molecule has 0 saturated carbocycles. The maximum Gasteiger partial charge on any atom is 0.300 e. The number of nitro groups is 1. The second-order valence-corrected chi connectivity index (χ2v) is 10.1. The molecule has 0 radical (unpaired) electrons. The van der Waals surface area contributed by atoms with Crippen molar-refractivity contribution in [1.82, 2.24) is 15.3 Å². The third kappa shape index (κ3) is 6.75. The third-order valence-corrected chi connectivity index (χ3v) is 7.29. The summed E-state index contributed by atoms with van der Waals surface area (Å²) in [6, 6.07) is 23.4. The van der Waals surface area contributed by atoms with Crippen LogP contribution in [-0.4, -0.2) is 45.4 Å². The van der Waals surface area contributed by atoms with E-state index in [2.05, 4.69) is 30.9 Å². The molecule has 1 aliphatic rings. The topological polar surface area (TPSA) is 125 Å². The average molecular weight is 554 g/mol. The van der Waals surface area contributed by atoms with Gasteiger partial charge in [0.2, 0.25) is 0 Å². The van der Waals surface area contributed by atoms with E-state index in [-0.39, 0.29) is 5.69 Å². The fourth-order valence-corrected chi connectivity index (χ4v) is 5.06. The smallest absolute Gasteiger partial charge is 0.300 e. The fraction of sp³-hybridized carbons (Fsp3) is 0.172. The van der Waals surface area contributed by atoms with Crippen molar-refractivity contribution in [3.05, 3.63) is 106 Å². The first kappa shape index (κ1) is 26.7. The summed E-state index contributed by atoms with van der Waals surface area (Å²) in [6.45, 7) is 1.57. The van der Waals surface area contributed by atoms with Crippen molar-refractivity contribution in [2.75, 3.05) is 18.5 Å². The molecule has 1 aliphatic heterocycles. The second-order valence-electron chi connectivity index (χ2n) is 9.07. The number of rotatable bonds is 8. The first-order chi connectivity index (χ1) is 19.6. The van der Waals surface area contributed by atoms with Crippen LogP contribution in [0.2, 0.25) is 0 Å². The van der Waals surface area contributed by atoms with Crippen LogP contribution in [0.4, 0.5) is 11.4 Å². The van der Waals surface area contributed by atoms with E-state index in [1.54, 1.807) is 12.1 Å². The van der Waals surface area contributed by atoms with Crippen molar-refractivity contribution in [2.45, 2.75) is 19.3 Å². The predicted molar refractivity (Wildman–Crippen MR) is 160 cm³/mol. The Hall–Kier alpha value is -4.90. The Morgan fingerprint density at radius 2 is 1.68 bits per heavy atom. The van der Waals surface area contributed by atoms with Crippen molar-refractivity contribution >= 4 is 56.5 Å². The molecule has 1 amide bonds. The maximum atomic E-state index is 13.0. The highest BCUT2D eigenvalue weighted by atomic mass is 32.1. The van der Waals surface area contributed by atoms with Crippen LogP contribution < -0.4 is 10.9 Å². The first-order valence-electron chi connectivity index (χ1n) is 12.9. The van der Waals surface area contributed by atoms with Gasteiger partial charge in [-0.05, 0) is 55.2 Å². The largest absolute Gasteiger partial charge is 0.353 e. The molecule has 1 aromatic heterocycles. The van der Waals surface area contributed by atoms with Gasteiger partial charge in [-0.1, -0.05) is 48.5 Å². The van der Waals surface area contributed by atoms with Gasteiger partial charge in [0.15, 0.2) is 10.8 Å². The molecule has 202 valence electrons. The van der Waals surface area contributed by atoms with E-state index in [1.807, 2.05) is 66.7 Å². The van der Waals surface area contributed by atoms with Gasteiger partial charge in [-0.15, -0.1) is 11.3 Å². The minimum absolute atomic E-state index is 0.00334. The van der Waals surface area contributed by atoms with Crippen molar-refractivity contribution in [1.29, 1.82) is 0 Å². The maximum absolute atomic E-state index is 13.0. The lowest BCUT2D eigenvalue weighted by molar-refractivity contribution is -0.384. The number of non-ortho nitro benzene ring substituents is 1. The standard InChI is InChI=1S/C29H27N7O3S/c37-28(29-30-24-11-5-6-12-26(24)40-29)34-32-25(18-13-21-9-3-1-4-10-21)27(35-19-7-2-8-20-35)33-31-22-14-16-23(17-15-22)36(38)39/h1,3-6,9-18,31H,2,7-8,19-20H2,(H,34,37)/b18-13+,32-25-,33-27+. The summed E-state index contributed by atoms with van der Waals surface area (Å²) in [5.41, 5.74) is 8.44. The monoisotopic (exact) mass is 553 g/mol. The number of carbonyl (C=O) groups excluding carboxylic acids is 1. The van der Waals surface area contributed by atoms with E-state index in [4.69, 9.17) is 0 Å². The number of piperidine rings is 1. The number of nitrogens with zero attached hydrogens (tertiary/aromatic N) is 5. The van der Waals surface area contributed by atoms with E-state index in [9.17, 15) is 14.9 Å². The molecule has 3 aromatic carbocycles. The van der Waals surface area contributed by atoms with Crippen molar-refractivity contribution in [2.24, 2.45) is 10.2 Å². The van der Waals surface area contributed by atoms with Gasteiger partial charge in [-0.25, -0.2) is 10.4 Å². The van der Waals surface area contributed by atoms with Crippen LogP contribution in [0.15, 0.2) is 95.1 Å². The molecular formula is C29H27N7O3S. The summed E-state index contributed by atoms with van der Waals surface area (Å²) in [5, 5.41) is 20.5. The molecule has 0 unspecified atom stereocenters.